The second-order valence-electron chi connectivity index (χ2n) is 5.91. The number of halogens is 1. The maximum absolute atomic E-state index is 12.4. The minimum absolute atomic E-state index is 0.251. The van der Waals surface area contributed by atoms with Gasteiger partial charge in [0, 0.05) is 22.4 Å². The normalized spacial score (nSPS) is 10.7. The number of nitrogens with zero attached hydrogens (tertiary/aromatic N) is 2. The first-order valence-electron chi connectivity index (χ1n) is 7.52. The number of carbonyl (C=O) groups is 1. The summed E-state index contributed by atoms with van der Waals surface area (Å²) in [6, 6.07) is 7.36. The zero-order valence-electron chi connectivity index (χ0n) is 13.8. The minimum atomic E-state index is -0.251. The standard InChI is InChI=1S/C17H21BrN4O/c1-10(2)9-19-17-20-12(4)7-15(22-17)16(23)21-13-6-5-11(3)14(18)8-13/h5-8,10H,9H2,1-4H3,(H,21,23)(H,19,20,22). The van der Waals surface area contributed by atoms with Gasteiger partial charge in [0.2, 0.25) is 5.95 Å². The Morgan fingerprint density at radius 2 is 1.96 bits per heavy atom. The van der Waals surface area contributed by atoms with Gasteiger partial charge in [-0.3, -0.25) is 4.79 Å². The van der Waals surface area contributed by atoms with Crippen LogP contribution in [-0.2, 0) is 0 Å². The van der Waals surface area contributed by atoms with Crippen molar-refractivity contribution < 1.29 is 4.79 Å². The largest absolute Gasteiger partial charge is 0.354 e. The highest BCUT2D eigenvalue weighted by Gasteiger charge is 2.11. The molecule has 2 N–H and O–H groups in total. The maximum Gasteiger partial charge on any atom is 0.274 e. The van der Waals surface area contributed by atoms with Crippen LogP contribution in [0.4, 0.5) is 11.6 Å². The van der Waals surface area contributed by atoms with Gasteiger partial charge in [0.25, 0.3) is 5.91 Å². The van der Waals surface area contributed by atoms with Crippen LogP contribution in [0.5, 0.6) is 0 Å². The van der Waals surface area contributed by atoms with E-state index in [0.29, 0.717) is 17.6 Å². The molecule has 0 spiro atoms. The van der Waals surface area contributed by atoms with E-state index in [1.54, 1.807) is 6.07 Å². The topological polar surface area (TPSA) is 66.9 Å². The molecule has 0 saturated carbocycles. The lowest BCUT2D eigenvalue weighted by Gasteiger charge is -2.10. The van der Waals surface area contributed by atoms with Crippen LogP contribution in [0.25, 0.3) is 0 Å². The first-order valence-corrected chi connectivity index (χ1v) is 8.31. The number of rotatable bonds is 5. The number of aromatic nitrogens is 2. The molecular formula is C17H21BrN4O. The molecule has 0 aliphatic carbocycles. The third-order valence-electron chi connectivity index (χ3n) is 3.18. The minimum Gasteiger partial charge on any atom is -0.354 e. The summed E-state index contributed by atoms with van der Waals surface area (Å²) in [7, 11) is 0. The zero-order valence-corrected chi connectivity index (χ0v) is 15.4. The number of anilines is 2. The van der Waals surface area contributed by atoms with Crippen molar-refractivity contribution in [2.24, 2.45) is 5.92 Å². The molecule has 1 heterocycles. The van der Waals surface area contributed by atoms with Crippen LogP contribution in [0.2, 0.25) is 0 Å². The molecular weight excluding hydrogens is 356 g/mol. The molecule has 0 radical (unpaired) electrons. The highest BCUT2D eigenvalue weighted by atomic mass is 79.9. The van der Waals surface area contributed by atoms with Gasteiger partial charge >= 0.3 is 0 Å². The Labute approximate surface area is 145 Å². The number of hydrogen-bond donors (Lipinski definition) is 2. The zero-order chi connectivity index (χ0) is 17.0. The fourth-order valence-corrected chi connectivity index (χ4v) is 2.30. The average Bonchev–Trinajstić information content (AvgIpc) is 2.48. The molecule has 1 amide bonds. The quantitative estimate of drug-likeness (QED) is 0.821. The monoisotopic (exact) mass is 376 g/mol. The maximum atomic E-state index is 12.4. The number of amides is 1. The number of benzene rings is 1. The molecule has 122 valence electrons. The van der Waals surface area contributed by atoms with Gasteiger partial charge in [-0.25, -0.2) is 9.97 Å². The Morgan fingerprint density at radius 3 is 2.61 bits per heavy atom. The second kappa shape index (κ2) is 7.55. The Balaban J connectivity index is 2.16. The van der Waals surface area contributed by atoms with Crippen molar-refractivity contribution in [3.63, 3.8) is 0 Å². The summed E-state index contributed by atoms with van der Waals surface area (Å²) in [6.07, 6.45) is 0. The van der Waals surface area contributed by atoms with Crippen molar-refractivity contribution in [3.8, 4) is 0 Å². The predicted octanol–water partition coefficient (Wildman–Crippen LogP) is 4.18. The summed E-state index contributed by atoms with van der Waals surface area (Å²) in [5.41, 5.74) is 2.93. The van der Waals surface area contributed by atoms with Gasteiger partial charge in [-0.15, -0.1) is 0 Å². The Bertz CT molecular complexity index is 716. The first kappa shape index (κ1) is 17.4. The smallest absolute Gasteiger partial charge is 0.274 e. The molecule has 2 rings (SSSR count). The highest BCUT2D eigenvalue weighted by molar-refractivity contribution is 9.10. The molecule has 1 aromatic heterocycles. The Kier molecular flexibility index (Phi) is 5.71. The van der Waals surface area contributed by atoms with E-state index in [2.05, 4.69) is 50.4 Å². The number of carbonyl (C=O) groups excluding carboxylic acids is 1. The summed E-state index contributed by atoms with van der Waals surface area (Å²) < 4.78 is 0.952. The molecule has 0 aliphatic rings. The molecule has 0 bridgehead atoms. The number of aryl methyl sites for hydroxylation is 2. The third-order valence-corrected chi connectivity index (χ3v) is 4.04. The van der Waals surface area contributed by atoms with Gasteiger partial charge in [0.1, 0.15) is 5.69 Å². The van der Waals surface area contributed by atoms with Crippen molar-refractivity contribution in [1.29, 1.82) is 0 Å². The molecule has 1 aromatic carbocycles. The highest BCUT2D eigenvalue weighted by Crippen LogP contribution is 2.21. The first-order chi connectivity index (χ1) is 10.8. The van der Waals surface area contributed by atoms with Crippen LogP contribution in [0.15, 0.2) is 28.7 Å². The van der Waals surface area contributed by atoms with Crippen molar-refractivity contribution in [2.45, 2.75) is 27.7 Å². The fourth-order valence-electron chi connectivity index (χ4n) is 1.93. The molecule has 0 unspecified atom stereocenters. The van der Waals surface area contributed by atoms with Crippen LogP contribution in [-0.4, -0.2) is 22.4 Å². The van der Waals surface area contributed by atoms with E-state index in [-0.39, 0.29) is 5.91 Å². The van der Waals surface area contributed by atoms with E-state index < -0.39 is 0 Å². The third kappa shape index (κ3) is 5.03. The van der Waals surface area contributed by atoms with E-state index >= 15 is 0 Å². The van der Waals surface area contributed by atoms with Crippen molar-refractivity contribution >= 4 is 33.5 Å². The van der Waals surface area contributed by atoms with Gasteiger partial charge in [-0.2, -0.15) is 0 Å². The van der Waals surface area contributed by atoms with E-state index in [0.717, 1.165) is 28.0 Å². The molecule has 23 heavy (non-hydrogen) atoms. The van der Waals surface area contributed by atoms with Gasteiger partial charge in [-0.05, 0) is 43.5 Å². The summed E-state index contributed by atoms with van der Waals surface area (Å²) in [5, 5.41) is 6.01. The Morgan fingerprint density at radius 1 is 1.22 bits per heavy atom. The van der Waals surface area contributed by atoms with Crippen molar-refractivity contribution in [3.05, 3.63) is 45.7 Å². The van der Waals surface area contributed by atoms with Gasteiger partial charge < -0.3 is 10.6 Å². The summed E-state index contributed by atoms with van der Waals surface area (Å²) in [5.74, 6) is 0.703. The van der Waals surface area contributed by atoms with Gasteiger partial charge in [0.15, 0.2) is 0 Å². The average molecular weight is 377 g/mol. The van der Waals surface area contributed by atoms with E-state index in [9.17, 15) is 4.79 Å². The second-order valence-corrected chi connectivity index (χ2v) is 6.77. The summed E-state index contributed by atoms with van der Waals surface area (Å²) in [4.78, 5) is 21.0. The van der Waals surface area contributed by atoms with Gasteiger partial charge in [0.05, 0.1) is 0 Å². The van der Waals surface area contributed by atoms with Crippen molar-refractivity contribution in [2.75, 3.05) is 17.2 Å². The lowest BCUT2D eigenvalue weighted by atomic mass is 10.2. The predicted molar refractivity (Wildman–Crippen MR) is 96.9 cm³/mol. The van der Waals surface area contributed by atoms with E-state index in [1.165, 1.54) is 0 Å². The molecule has 6 heteroatoms. The van der Waals surface area contributed by atoms with Crippen LogP contribution in [0, 0.1) is 19.8 Å². The van der Waals surface area contributed by atoms with Gasteiger partial charge in [-0.1, -0.05) is 35.8 Å². The lowest BCUT2D eigenvalue weighted by Crippen LogP contribution is -2.17. The van der Waals surface area contributed by atoms with Crippen LogP contribution in [0.1, 0.15) is 35.6 Å². The molecule has 0 fully saturated rings. The Hall–Kier alpha value is -1.95. The summed E-state index contributed by atoms with van der Waals surface area (Å²) >= 11 is 3.46. The van der Waals surface area contributed by atoms with Crippen LogP contribution < -0.4 is 10.6 Å². The molecule has 0 saturated heterocycles. The molecule has 5 nitrogen and oxygen atoms in total. The molecule has 2 aromatic rings. The molecule has 0 atom stereocenters. The SMILES string of the molecule is Cc1cc(C(=O)Nc2ccc(C)c(Br)c2)nc(NCC(C)C)n1. The lowest BCUT2D eigenvalue weighted by molar-refractivity contribution is 0.102. The van der Waals surface area contributed by atoms with Crippen LogP contribution >= 0.6 is 15.9 Å². The van der Waals surface area contributed by atoms with Crippen molar-refractivity contribution in [1.82, 2.24) is 9.97 Å². The fraction of sp³-hybridized carbons (Fsp3) is 0.353. The number of nitrogens with one attached hydrogen (secondary N) is 2. The van der Waals surface area contributed by atoms with E-state index in [4.69, 9.17) is 0 Å². The van der Waals surface area contributed by atoms with E-state index in [1.807, 2.05) is 32.0 Å². The molecule has 0 aliphatic heterocycles. The number of hydrogen-bond acceptors (Lipinski definition) is 4. The van der Waals surface area contributed by atoms with Crippen LogP contribution in [0.3, 0.4) is 0 Å². The summed E-state index contributed by atoms with van der Waals surface area (Å²) in [6.45, 7) is 8.81.